The van der Waals surface area contributed by atoms with Gasteiger partial charge < -0.3 is 10.1 Å². The normalized spacial score (nSPS) is 18.1. The van der Waals surface area contributed by atoms with Gasteiger partial charge in [-0.25, -0.2) is 4.39 Å². The van der Waals surface area contributed by atoms with Crippen molar-refractivity contribution in [3.8, 4) is 0 Å². The minimum atomic E-state index is -0.521. The zero-order valence-electron chi connectivity index (χ0n) is 10.9. The maximum atomic E-state index is 13.6. The molecule has 104 valence electrons. The first kappa shape index (κ1) is 14.3. The molecular formula is C14H18FNO2S. The van der Waals surface area contributed by atoms with Crippen LogP contribution in [0.25, 0.3) is 0 Å². The van der Waals surface area contributed by atoms with Crippen molar-refractivity contribution in [1.82, 2.24) is 5.32 Å². The Hall–Kier alpha value is -1.07. The van der Waals surface area contributed by atoms with Crippen LogP contribution in [0.4, 0.5) is 4.39 Å². The first-order valence-electron chi connectivity index (χ1n) is 6.35. The zero-order valence-corrected chi connectivity index (χ0v) is 11.8. The molecule has 0 atom stereocenters. The van der Waals surface area contributed by atoms with Crippen molar-refractivity contribution in [3.63, 3.8) is 0 Å². The maximum absolute atomic E-state index is 13.6. The van der Waals surface area contributed by atoms with Gasteiger partial charge in [0.05, 0.1) is 5.56 Å². The van der Waals surface area contributed by atoms with Crippen molar-refractivity contribution in [1.29, 1.82) is 0 Å². The topological polar surface area (TPSA) is 38.3 Å². The van der Waals surface area contributed by atoms with Gasteiger partial charge in [0, 0.05) is 24.7 Å². The lowest BCUT2D eigenvalue weighted by Gasteiger charge is -2.33. The van der Waals surface area contributed by atoms with Crippen LogP contribution in [0.3, 0.4) is 0 Å². The molecule has 1 heterocycles. The molecule has 1 saturated heterocycles. The fourth-order valence-electron chi connectivity index (χ4n) is 2.12. The summed E-state index contributed by atoms with van der Waals surface area (Å²) in [6, 6.07) is 4.22. The fraction of sp³-hybridized carbons (Fsp3) is 0.500. The number of carbonyl (C=O) groups excluding carboxylic acids is 1. The summed E-state index contributed by atoms with van der Waals surface area (Å²) in [7, 11) is 0. The van der Waals surface area contributed by atoms with Crippen LogP contribution >= 0.6 is 12.6 Å². The van der Waals surface area contributed by atoms with Gasteiger partial charge >= 0.3 is 0 Å². The number of nitrogens with one attached hydrogen (secondary N) is 1. The smallest absolute Gasteiger partial charge is 0.254 e. The van der Waals surface area contributed by atoms with Gasteiger partial charge in [-0.05, 0) is 36.5 Å². The molecule has 0 aliphatic carbocycles. The minimum Gasteiger partial charge on any atom is -0.381 e. The molecule has 0 bridgehead atoms. The highest BCUT2D eigenvalue weighted by molar-refractivity contribution is 7.80. The van der Waals surface area contributed by atoms with E-state index in [-0.39, 0.29) is 16.9 Å². The van der Waals surface area contributed by atoms with E-state index >= 15 is 0 Å². The van der Waals surface area contributed by atoms with E-state index in [1.807, 2.05) is 0 Å². The van der Waals surface area contributed by atoms with Crippen molar-refractivity contribution in [2.24, 2.45) is 5.41 Å². The number of carbonyl (C=O) groups is 1. The second-order valence-electron chi connectivity index (χ2n) is 5.27. The quantitative estimate of drug-likeness (QED) is 0.837. The van der Waals surface area contributed by atoms with Crippen LogP contribution < -0.4 is 5.32 Å². The molecule has 1 N–H and O–H groups in total. The molecule has 0 saturated carbocycles. The Balaban J connectivity index is 1.99. The molecule has 1 aliphatic heterocycles. The van der Waals surface area contributed by atoms with Gasteiger partial charge in [0.15, 0.2) is 0 Å². The summed E-state index contributed by atoms with van der Waals surface area (Å²) in [5, 5.41) is 2.81. The van der Waals surface area contributed by atoms with E-state index in [9.17, 15) is 9.18 Å². The summed E-state index contributed by atoms with van der Waals surface area (Å²) in [6.45, 7) is 4.08. The largest absolute Gasteiger partial charge is 0.381 e. The van der Waals surface area contributed by atoms with Gasteiger partial charge in [-0.2, -0.15) is 0 Å². The third-order valence-corrected chi connectivity index (χ3v) is 3.85. The summed E-state index contributed by atoms with van der Waals surface area (Å²) in [4.78, 5) is 12.6. The molecule has 0 aromatic heterocycles. The van der Waals surface area contributed by atoms with E-state index in [1.165, 1.54) is 18.2 Å². The second-order valence-corrected chi connectivity index (χ2v) is 5.79. The monoisotopic (exact) mass is 283 g/mol. The SMILES string of the molecule is CC1(CNC(=O)c2cc(S)ccc2F)CCOCC1. The number of hydrogen-bond donors (Lipinski definition) is 2. The lowest BCUT2D eigenvalue weighted by atomic mass is 9.82. The molecular weight excluding hydrogens is 265 g/mol. The maximum Gasteiger partial charge on any atom is 0.254 e. The minimum absolute atomic E-state index is 0.0307. The van der Waals surface area contributed by atoms with Crippen molar-refractivity contribution in [3.05, 3.63) is 29.6 Å². The highest BCUT2D eigenvalue weighted by atomic mass is 32.1. The van der Waals surface area contributed by atoms with Gasteiger partial charge in [0.1, 0.15) is 5.82 Å². The Bertz CT molecular complexity index is 473. The van der Waals surface area contributed by atoms with Gasteiger partial charge in [-0.15, -0.1) is 12.6 Å². The van der Waals surface area contributed by atoms with E-state index in [1.54, 1.807) is 0 Å². The number of amides is 1. The molecule has 5 heteroatoms. The van der Waals surface area contributed by atoms with Crippen molar-refractivity contribution in [2.45, 2.75) is 24.7 Å². The molecule has 2 rings (SSSR count). The van der Waals surface area contributed by atoms with Crippen LogP contribution in [0.15, 0.2) is 23.1 Å². The van der Waals surface area contributed by atoms with Crippen molar-refractivity contribution >= 4 is 18.5 Å². The summed E-state index contributed by atoms with van der Waals surface area (Å²) < 4.78 is 18.9. The first-order valence-corrected chi connectivity index (χ1v) is 6.79. The third kappa shape index (κ3) is 3.70. The third-order valence-electron chi connectivity index (χ3n) is 3.57. The van der Waals surface area contributed by atoms with Gasteiger partial charge in [0.25, 0.3) is 5.91 Å². The highest BCUT2D eigenvalue weighted by Crippen LogP contribution is 2.28. The Morgan fingerprint density at radius 1 is 1.47 bits per heavy atom. The first-order chi connectivity index (χ1) is 9.00. The van der Waals surface area contributed by atoms with Crippen molar-refractivity contribution < 1.29 is 13.9 Å². The average molecular weight is 283 g/mol. The number of thiol groups is 1. The van der Waals surface area contributed by atoms with E-state index in [2.05, 4.69) is 24.9 Å². The summed E-state index contributed by atoms with van der Waals surface area (Å²) in [6.07, 6.45) is 1.81. The second kappa shape index (κ2) is 5.92. The molecule has 3 nitrogen and oxygen atoms in total. The van der Waals surface area contributed by atoms with Gasteiger partial charge in [-0.1, -0.05) is 6.92 Å². The lowest BCUT2D eigenvalue weighted by molar-refractivity contribution is 0.0238. The standard InChI is InChI=1S/C14H18FNO2S/c1-14(4-6-18-7-5-14)9-16-13(17)11-8-10(19)2-3-12(11)15/h2-3,8,19H,4-7,9H2,1H3,(H,16,17). The van der Waals surface area contributed by atoms with E-state index in [0.29, 0.717) is 24.7 Å². The van der Waals surface area contributed by atoms with E-state index in [4.69, 9.17) is 4.74 Å². The van der Waals surface area contributed by atoms with E-state index in [0.717, 1.165) is 12.8 Å². The lowest BCUT2D eigenvalue weighted by Crippen LogP contribution is -2.39. The Kier molecular flexibility index (Phi) is 4.47. The summed E-state index contributed by atoms with van der Waals surface area (Å²) in [5.74, 6) is -0.909. The van der Waals surface area contributed by atoms with Gasteiger partial charge in [-0.3, -0.25) is 4.79 Å². The molecule has 1 aromatic rings. The fourth-order valence-corrected chi connectivity index (χ4v) is 2.32. The van der Waals surface area contributed by atoms with Gasteiger partial charge in [0.2, 0.25) is 0 Å². The molecule has 1 aliphatic rings. The number of rotatable bonds is 3. The van der Waals surface area contributed by atoms with Crippen LogP contribution in [-0.4, -0.2) is 25.7 Å². The highest BCUT2D eigenvalue weighted by Gasteiger charge is 2.28. The van der Waals surface area contributed by atoms with Crippen LogP contribution in [0.2, 0.25) is 0 Å². The Labute approximate surface area is 117 Å². The van der Waals surface area contributed by atoms with Crippen molar-refractivity contribution in [2.75, 3.05) is 19.8 Å². The number of ether oxygens (including phenoxy) is 1. The van der Waals surface area contributed by atoms with E-state index < -0.39 is 5.82 Å². The predicted octanol–water partition coefficient (Wildman–Crippen LogP) is 2.66. The Morgan fingerprint density at radius 3 is 2.84 bits per heavy atom. The van der Waals surface area contributed by atoms with Crippen LogP contribution in [0.1, 0.15) is 30.1 Å². The number of hydrogen-bond acceptors (Lipinski definition) is 3. The predicted molar refractivity (Wildman–Crippen MR) is 74.1 cm³/mol. The molecule has 19 heavy (non-hydrogen) atoms. The zero-order chi connectivity index (χ0) is 13.9. The molecule has 0 spiro atoms. The molecule has 1 aromatic carbocycles. The summed E-state index contributed by atoms with van der Waals surface area (Å²) in [5.41, 5.74) is 0.0753. The molecule has 0 unspecified atom stereocenters. The Morgan fingerprint density at radius 2 is 2.16 bits per heavy atom. The molecule has 1 fully saturated rings. The van der Waals surface area contributed by atoms with Crippen LogP contribution in [-0.2, 0) is 4.74 Å². The van der Waals surface area contributed by atoms with Crippen LogP contribution in [0.5, 0.6) is 0 Å². The molecule has 1 amide bonds. The number of halogens is 1. The van der Waals surface area contributed by atoms with Crippen LogP contribution in [0, 0.1) is 11.2 Å². The number of benzene rings is 1. The summed E-state index contributed by atoms with van der Waals surface area (Å²) >= 11 is 4.12. The average Bonchev–Trinajstić information content (AvgIpc) is 2.40. The molecule has 0 radical (unpaired) electrons.